The molecule has 0 amide bonds. The monoisotopic (exact) mass is 352 g/mol. The van der Waals surface area contributed by atoms with Crippen LogP contribution >= 0.6 is 0 Å². The van der Waals surface area contributed by atoms with E-state index in [2.05, 4.69) is 9.97 Å². The van der Waals surface area contributed by atoms with Gasteiger partial charge >= 0.3 is 6.18 Å². The molecule has 0 aliphatic rings. The van der Waals surface area contributed by atoms with E-state index in [4.69, 9.17) is 11.5 Å². The lowest BCUT2D eigenvalue weighted by molar-refractivity contribution is -0.137. The Bertz CT molecular complexity index is 959. The summed E-state index contributed by atoms with van der Waals surface area (Å²) in [6, 6.07) is 8.92. The summed E-state index contributed by atoms with van der Waals surface area (Å²) in [7, 11) is -1.80. The molecule has 124 valence electrons. The number of fused-ring (bicyclic) bond motifs is 1. The molecule has 1 aromatic heterocycles. The maximum absolute atomic E-state index is 12.8. The minimum Gasteiger partial charge on any atom is -0.383 e. The molecule has 1 unspecified atom stereocenters. The number of hydrogen-bond donors (Lipinski definition) is 2. The van der Waals surface area contributed by atoms with Crippen LogP contribution in [0.4, 0.5) is 24.9 Å². The molecule has 0 fully saturated rings. The third-order valence-electron chi connectivity index (χ3n) is 3.30. The molecule has 0 bridgehead atoms. The summed E-state index contributed by atoms with van der Waals surface area (Å²) in [5.41, 5.74) is 10.9. The number of benzene rings is 2. The molecule has 1 heterocycles. The Morgan fingerprint density at radius 3 is 2.38 bits per heavy atom. The highest BCUT2D eigenvalue weighted by atomic mass is 32.2. The number of nitrogens with two attached hydrogens (primary N) is 2. The predicted molar refractivity (Wildman–Crippen MR) is 84.5 cm³/mol. The highest BCUT2D eigenvalue weighted by Gasteiger charge is 2.30. The van der Waals surface area contributed by atoms with Crippen molar-refractivity contribution in [3.8, 4) is 0 Å². The third-order valence-corrected chi connectivity index (χ3v) is 4.67. The average Bonchev–Trinajstić information content (AvgIpc) is 2.53. The summed E-state index contributed by atoms with van der Waals surface area (Å²) >= 11 is 0. The van der Waals surface area contributed by atoms with Gasteiger partial charge in [0.2, 0.25) is 5.95 Å². The van der Waals surface area contributed by atoms with Crippen LogP contribution in [-0.4, -0.2) is 14.2 Å². The molecule has 0 aliphatic heterocycles. The minimum atomic E-state index is -4.50. The van der Waals surface area contributed by atoms with Crippen molar-refractivity contribution in [3.05, 3.63) is 48.0 Å². The number of halogens is 3. The van der Waals surface area contributed by atoms with Crippen molar-refractivity contribution in [2.45, 2.75) is 16.0 Å². The van der Waals surface area contributed by atoms with Gasteiger partial charge in [-0.2, -0.15) is 18.2 Å². The molecule has 0 aliphatic carbocycles. The Hall–Kier alpha value is -2.68. The fourth-order valence-corrected chi connectivity index (χ4v) is 3.31. The first-order valence-electron chi connectivity index (χ1n) is 6.67. The van der Waals surface area contributed by atoms with Gasteiger partial charge in [0.1, 0.15) is 5.82 Å². The van der Waals surface area contributed by atoms with E-state index in [9.17, 15) is 17.4 Å². The molecule has 3 aromatic rings. The number of nitrogens with zero attached hydrogens (tertiary/aromatic N) is 2. The molecule has 3 rings (SSSR count). The summed E-state index contributed by atoms with van der Waals surface area (Å²) in [6.45, 7) is 0. The number of anilines is 2. The van der Waals surface area contributed by atoms with Crippen LogP contribution in [0.15, 0.2) is 52.3 Å². The van der Waals surface area contributed by atoms with Gasteiger partial charge in [0.05, 0.1) is 21.9 Å². The van der Waals surface area contributed by atoms with E-state index in [0.717, 1.165) is 12.1 Å². The molecule has 0 saturated carbocycles. The van der Waals surface area contributed by atoms with Gasteiger partial charge < -0.3 is 11.5 Å². The van der Waals surface area contributed by atoms with Gasteiger partial charge in [0, 0.05) is 15.2 Å². The molecule has 1 atom stereocenters. The minimum absolute atomic E-state index is 0.00625. The fraction of sp³-hybridized carbons (Fsp3) is 0.0667. The van der Waals surface area contributed by atoms with Gasteiger partial charge in [-0.1, -0.05) is 6.07 Å². The highest BCUT2D eigenvalue weighted by Crippen LogP contribution is 2.31. The molecular formula is C15H11F3N4OS. The fourth-order valence-electron chi connectivity index (χ4n) is 2.19. The maximum Gasteiger partial charge on any atom is 0.416 e. The molecular weight excluding hydrogens is 341 g/mol. The smallest absolute Gasteiger partial charge is 0.383 e. The second-order valence-corrected chi connectivity index (χ2v) is 6.42. The molecule has 0 radical (unpaired) electrons. The number of alkyl halides is 3. The number of hydrogen-bond acceptors (Lipinski definition) is 5. The van der Waals surface area contributed by atoms with E-state index in [1.165, 1.54) is 24.3 Å². The van der Waals surface area contributed by atoms with E-state index in [-0.39, 0.29) is 16.7 Å². The number of rotatable bonds is 2. The van der Waals surface area contributed by atoms with Crippen molar-refractivity contribution in [2.75, 3.05) is 11.5 Å². The molecule has 2 aromatic carbocycles. The van der Waals surface area contributed by atoms with E-state index >= 15 is 0 Å². The first-order chi connectivity index (χ1) is 11.3. The van der Waals surface area contributed by atoms with Crippen LogP contribution in [0.3, 0.4) is 0 Å². The van der Waals surface area contributed by atoms with E-state index in [1.807, 2.05) is 0 Å². The van der Waals surface area contributed by atoms with Crippen LogP contribution in [0.2, 0.25) is 0 Å². The Morgan fingerprint density at radius 2 is 1.67 bits per heavy atom. The van der Waals surface area contributed by atoms with Gasteiger partial charge in [-0.25, -0.2) is 9.19 Å². The largest absolute Gasteiger partial charge is 0.416 e. The molecule has 5 nitrogen and oxygen atoms in total. The lowest BCUT2D eigenvalue weighted by Crippen LogP contribution is -2.06. The second-order valence-electron chi connectivity index (χ2n) is 4.94. The highest BCUT2D eigenvalue weighted by molar-refractivity contribution is 7.85. The summed E-state index contributed by atoms with van der Waals surface area (Å²) in [6.07, 6.45) is -4.50. The molecule has 4 N–H and O–H groups in total. The van der Waals surface area contributed by atoms with Crippen LogP contribution < -0.4 is 11.5 Å². The Labute approximate surface area is 137 Å². The molecule has 0 saturated heterocycles. The summed E-state index contributed by atoms with van der Waals surface area (Å²) in [5.74, 6) is 0.118. The van der Waals surface area contributed by atoms with Gasteiger partial charge in [0.25, 0.3) is 0 Å². The van der Waals surface area contributed by atoms with Crippen LogP contribution in [-0.2, 0) is 17.0 Å². The van der Waals surface area contributed by atoms with Crippen LogP contribution in [0.5, 0.6) is 0 Å². The zero-order valence-electron chi connectivity index (χ0n) is 12.0. The average molecular weight is 352 g/mol. The zero-order valence-corrected chi connectivity index (χ0v) is 12.9. The molecule has 0 spiro atoms. The van der Waals surface area contributed by atoms with Crippen LogP contribution in [0, 0.1) is 0 Å². The first kappa shape index (κ1) is 16.2. The Kier molecular flexibility index (Phi) is 3.88. The number of nitrogen functional groups attached to an aromatic ring is 2. The van der Waals surface area contributed by atoms with E-state index in [0.29, 0.717) is 15.8 Å². The van der Waals surface area contributed by atoms with E-state index < -0.39 is 22.5 Å². The summed E-state index contributed by atoms with van der Waals surface area (Å²) in [5, 5.41) is 0.432. The summed E-state index contributed by atoms with van der Waals surface area (Å²) < 4.78 is 51.0. The summed E-state index contributed by atoms with van der Waals surface area (Å²) in [4.78, 5) is 8.15. The zero-order chi connectivity index (χ0) is 17.5. The quantitative estimate of drug-likeness (QED) is 0.739. The standard InChI is InChI=1S/C15H11F3N4OS/c16-15(17,18)8-2-1-3-9(6-8)24(23)10-4-5-12-11(7-10)13(19)22-14(20)21-12/h1-7H,(H4,19,20,21,22). The second kappa shape index (κ2) is 5.75. The molecule has 9 heteroatoms. The van der Waals surface area contributed by atoms with Crippen molar-refractivity contribution in [1.82, 2.24) is 9.97 Å². The predicted octanol–water partition coefficient (Wildman–Crippen LogP) is 2.98. The lowest BCUT2D eigenvalue weighted by Gasteiger charge is -2.09. The SMILES string of the molecule is Nc1nc(N)c2cc(S(=O)c3cccc(C(F)(F)F)c3)ccc2n1. The topological polar surface area (TPSA) is 94.9 Å². The van der Waals surface area contributed by atoms with Gasteiger partial charge in [-0.3, -0.25) is 0 Å². The van der Waals surface area contributed by atoms with Crippen molar-refractivity contribution >= 4 is 33.5 Å². The third kappa shape index (κ3) is 3.02. The van der Waals surface area contributed by atoms with Crippen LogP contribution in [0.25, 0.3) is 10.9 Å². The van der Waals surface area contributed by atoms with Crippen molar-refractivity contribution in [3.63, 3.8) is 0 Å². The molecule has 24 heavy (non-hydrogen) atoms. The first-order valence-corrected chi connectivity index (χ1v) is 7.82. The van der Waals surface area contributed by atoms with Gasteiger partial charge in [0.15, 0.2) is 0 Å². The van der Waals surface area contributed by atoms with Crippen molar-refractivity contribution < 1.29 is 17.4 Å². The lowest BCUT2D eigenvalue weighted by atomic mass is 10.2. The Morgan fingerprint density at radius 1 is 0.958 bits per heavy atom. The van der Waals surface area contributed by atoms with Crippen molar-refractivity contribution in [1.29, 1.82) is 0 Å². The van der Waals surface area contributed by atoms with Gasteiger partial charge in [-0.05, 0) is 36.4 Å². The maximum atomic E-state index is 12.8. The van der Waals surface area contributed by atoms with Crippen LogP contribution in [0.1, 0.15) is 5.56 Å². The van der Waals surface area contributed by atoms with Crippen molar-refractivity contribution in [2.24, 2.45) is 0 Å². The van der Waals surface area contributed by atoms with E-state index in [1.54, 1.807) is 6.07 Å². The number of aromatic nitrogens is 2. The normalized spacial score (nSPS) is 13.1. The van der Waals surface area contributed by atoms with Gasteiger partial charge in [-0.15, -0.1) is 0 Å². The Balaban J connectivity index is 2.06.